The van der Waals surface area contributed by atoms with E-state index in [1.807, 2.05) is 6.07 Å². The second kappa shape index (κ2) is 4.75. The molecule has 1 aromatic heterocycles. The number of allylic oxidation sites excluding steroid dienone is 1. The first-order valence-electron chi connectivity index (χ1n) is 9.12. The van der Waals surface area contributed by atoms with E-state index < -0.39 is 6.29 Å². The van der Waals surface area contributed by atoms with Gasteiger partial charge in [0.2, 0.25) is 6.29 Å². The molecule has 4 aliphatic rings. The number of ether oxygens (including phenoxy) is 2. The molecule has 24 heavy (non-hydrogen) atoms. The molecule has 1 spiro atoms. The third kappa shape index (κ3) is 1.65. The summed E-state index contributed by atoms with van der Waals surface area (Å²) in [7, 11) is 0. The maximum atomic E-state index is 12.8. The van der Waals surface area contributed by atoms with Crippen LogP contribution in [0, 0.1) is 22.7 Å². The van der Waals surface area contributed by atoms with E-state index in [9.17, 15) is 4.79 Å². The summed E-state index contributed by atoms with van der Waals surface area (Å²) in [6, 6.07) is 1.95. The van der Waals surface area contributed by atoms with Crippen molar-refractivity contribution >= 4 is 5.97 Å². The summed E-state index contributed by atoms with van der Waals surface area (Å²) in [5.74, 6) is 0.653. The number of carbonyl (C=O) groups is 1. The van der Waals surface area contributed by atoms with E-state index >= 15 is 0 Å². The van der Waals surface area contributed by atoms with Crippen molar-refractivity contribution < 1.29 is 18.7 Å². The summed E-state index contributed by atoms with van der Waals surface area (Å²) < 4.78 is 17.5. The van der Waals surface area contributed by atoms with Gasteiger partial charge >= 0.3 is 5.97 Å². The zero-order valence-electron chi connectivity index (χ0n) is 14.1. The molecule has 2 aliphatic heterocycles. The highest BCUT2D eigenvalue weighted by Crippen LogP contribution is 2.69. The maximum Gasteiger partial charge on any atom is 0.314 e. The van der Waals surface area contributed by atoms with Crippen molar-refractivity contribution in [2.45, 2.75) is 57.8 Å². The first kappa shape index (κ1) is 14.8. The molecule has 3 heterocycles. The monoisotopic (exact) mass is 328 g/mol. The number of rotatable bonds is 1. The molecule has 6 atom stereocenters. The molecular formula is C20H24O4. The van der Waals surface area contributed by atoms with Gasteiger partial charge in [-0.3, -0.25) is 4.79 Å². The van der Waals surface area contributed by atoms with E-state index in [2.05, 4.69) is 13.5 Å². The van der Waals surface area contributed by atoms with Crippen molar-refractivity contribution in [1.29, 1.82) is 0 Å². The van der Waals surface area contributed by atoms with Crippen LogP contribution in [0.15, 0.2) is 35.2 Å². The minimum Gasteiger partial charge on any atom is -0.472 e. The highest BCUT2D eigenvalue weighted by atomic mass is 16.7. The van der Waals surface area contributed by atoms with E-state index in [0.29, 0.717) is 11.8 Å². The Morgan fingerprint density at radius 2 is 2.21 bits per heavy atom. The molecule has 1 aromatic rings. The van der Waals surface area contributed by atoms with E-state index in [1.54, 1.807) is 12.5 Å². The average molecular weight is 328 g/mol. The van der Waals surface area contributed by atoms with E-state index in [0.717, 1.165) is 44.1 Å². The molecule has 0 unspecified atom stereocenters. The summed E-state index contributed by atoms with van der Waals surface area (Å²) in [5.41, 5.74) is 1.92. The molecule has 0 radical (unpaired) electrons. The third-order valence-corrected chi connectivity index (χ3v) is 7.39. The minimum atomic E-state index is -0.445. The lowest BCUT2D eigenvalue weighted by Crippen LogP contribution is -2.67. The van der Waals surface area contributed by atoms with Gasteiger partial charge in [0.1, 0.15) is 0 Å². The van der Waals surface area contributed by atoms with Crippen molar-refractivity contribution in [3.05, 3.63) is 36.3 Å². The molecule has 2 bridgehead atoms. The molecule has 4 heteroatoms. The molecule has 0 amide bonds. The largest absolute Gasteiger partial charge is 0.472 e. The fraction of sp³-hybridized carbons (Fsp3) is 0.650. The van der Waals surface area contributed by atoms with Crippen molar-refractivity contribution in [2.75, 3.05) is 0 Å². The SMILES string of the molecule is C=C1CC[C@H]2[C@@]34CCC[C@]2(C)C(=O)O[C@H]3O[C@H](c2ccoc2)C[C@@H]14. The summed E-state index contributed by atoms with van der Waals surface area (Å²) in [5, 5.41) is 0. The lowest BCUT2D eigenvalue weighted by molar-refractivity contribution is -0.330. The number of hydrogen-bond donors (Lipinski definition) is 0. The molecule has 2 aliphatic carbocycles. The van der Waals surface area contributed by atoms with Gasteiger partial charge in [-0.25, -0.2) is 0 Å². The van der Waals surface area contributed by atoms with Crippen molar-refractivity contribution in [3.8, 4) is 0 Å². The number of carbonyl (C=O) groups excluding carboxylic acids is 1. The number of furan rings is 1. The molecule has 2 saturated carbocycles. The predicted molar refractivity (Wildman–Crippen MR) is 86.8 cm³/mol. The second-order valence-electron chi connectivity index (χ2n) is 8.34. The predicted octanol–water partition coefficient (Wildman–Crippen LogP) is 4.38. The summed E-state index contributed by atoms with van der Waals surface area (Å²) in [4.78, 5) is 12.8. The van der Waals surface area contributed by atoms with Crippen molar-refractivity contribution in [1.82, 2.24) is 0 Å². The fourth-order valence-corrected chi connectivity index (χ4v) is 6.26. The third-order valence-electron chi connectivity index (χ3n) is 7.39. The number of hydrogen-bond acceptors (Lipinski definition) is 4. The van der Waals surface area contributed by atoms with Crippen LogP contribution in [0.25, 0.3) is 0 Å². The van der Waals surface area contributed by atoms with Crippen LogP contribution in [0.3, 0.4) is 0 Å². The Morgan fingerprint density at radius 1 is 1.33 bits per heavy atom. The first-order valence-corrected chi connectivity index (χ1v) is 9.12. The van der Waals surface area contributed by atoms with Gasteiger partial charge in [-0.15, -0.1) is 0 Å². The van der Waals surface area contributed by atoms with Gasteiger partial charge in [-0.2, -0.15) is 0 Å². The highest BCUT2D eigenvalue weighted by Gasteiger charge is 2.69. The van der Waals surface area contributed by atoms with E-state index in [4.69, 9.17) is 13.9 Å². The van der Waals surface area contributed by atoms with E-state index in [-0.39, 0.29) is 22.9 Å². The van der Waals surface area contributed by atoms with Crippen LogP contribution < -0.4 is 0 Å². The lowest BCUT2D eigenvalue weighted by Gasteiger charge is -2.66. The van der Waals surface area contributed by atoms with Crippen LogP contribution in [0.5, 0.6) is 0 Å². The molecule has 5 rings (SSSR count). The molecule has 4 fully saturated rings. The fourth-order valence-electron chi connectivity index (χ4n) is 6.26. The van der Waals surface area contributed by atoms with Crippen LogP contribution in [0.1, 0.15) is 57.1 Å². The van der Waals surface area contributed by atoms with Gasteiger partial charge in [-0.05, 0) is 56.9 Å². The Kier molecular flexibility index (Phi) is 2.92. The first-order chi connectivity index (χ1) is 11.6. The van der Waals surface area contributed by atoms with Crippen LogP contribution in [-0.2, 0) is 14.3 Å². The Bertz CT molecular complexity index is 693. The van der Waals surface area contributed by atoms with Crippen LogP contribution >= 0.6 is 0 Å². The summed E-state index contributed by atoms with van der Waals surface area (Å²) >= 11 is 0. The highest BCUT2D eigenvalue weighted by molar-refractivity contribution is 5.78. The molecular weight excluding hydrogens is 304 g/mol. The normalized spacial score (nSPS) is 47.0. The molecule has 0 aromatic carbocycles. The summed E-state index contributed by atoms with van der Waals surface area (Å²) in [6.07, 6.45) is 8.94. The Labute approximate surface area is 142 Å². The molecule has 128 valence electrons. The lowest BCUT2D eigenvalue weighted by atomic mass is 9.44. The minimum absolute atomic E-state index is 0.0630. The maximum absolute atomic E-state index is 12.8. The van der Waals surface area contributed by atoms with Crippen molar-refractivity contribution in [2.24, 2.45) is 22.7 Å². The van der Waals surface area contributed by atoms with Gasteiger partial charge in [0.15, 0.2) is 0 Å². The van der Waals surface area contributed by atoms with Crippen LogP contribution in [0.2, 0.25) is 0 Å². The molecule has 4 nitrogen and oxygen atoms in total. The molecule has 0 N–H and O–H groups in total. The van der Waals surface area contributed by atoms with E-state index in [1.165, 1.54) is 5.57 Å². The summed E-state index contributed by atoms with van der Waals surface area (Å²) in [6.45, 7) is 6.52. The average Bonchev–Trinajstić information content (AvgIpc) is 3.09. The smallest absolute Gasteiger partial charge is 0.314 e. The second-order valence-corrected chi connectivity index (χ2v) is 8.34. The Balaban J connectivity index is 1.61. The van der Waals surface area contributed by atoms with Gasteiger partial charge in [0.05, 0.1) is 24.0 Å². The topological polar surface area (TPSA) is 48.7 Å². The zero-order chi connectivity index (χ0) is 16.5. The Morgan fingerprint density at radius 3 is 3.00 bits per heavy atom. The molecule has 2 saturated heterocycles. The van der Waals surface area contributed by atoms with Gasteiger partial charge in [0, 0.05) is 11.0 Å². The van der Waals surface area contributed by atoms with Crippen LogP contribution in [-0.4, -0.2) is 12.3 Å². The number of esters is 1. The van der Waals surface area contributed by atoms with Gasteiger partial charge in [-0.1, -0.05) is 18.6 Å². The standard InChI is InChI=1S/C20H24O4/c1-12-4-5-16-19(2)7-3-8-20(16)14(12)10-15(13-6-9-22-11-13)23-18(20)24-17(19)21/h6,9,11,14-16,18H,1,3-5,7-8,10H2,2H3/t14-,15-,16+,18+,19-,20-/m0/s1. The Hall–Kier alpha value is -1.55. The quantitative estimate of drug-likeness (QED) is 0.567. The van der Waals surface area contributed by atoms with Gasteiger partial charge < -0.3 is 13.9 Å². The van der Waals surface area contributed by atoms with Crippen molar-refractivity contribution in [3.63, 3.8) is 0 Å². The zero-order valence-corrected chi connectivity index (χ0v) is 14.1. The van der Waals surface area contributed by atoms with Gasteiger partial charge in [0.25, 0.3) is 0 Å². The van der Waals surface area contributed by atoms with Crippen LogP contribution in [0.4, 0.5) is 0 Å².